The summed E-state index contributed by atoms with van der Waals surface area (Å²) in [6, 6.07) is 3.77. The van der Waals surface area contributed by atoms with E-state index in [2.05, 4.69) is 6.92 Å². The highest BCUT2D eigenvalue weighted by Crippen LogP contribution is 2.49. The first-order chi connectivity index (χ1) is 8.09. The Morgan fingerprint density at radius 1 is 1.24 bits per heavy atom. The van der Waals surface area contributed by atoms with Crippen LogP contribution in [0.4, 0.5) is 8.78 Å². The second kappa shape index (κ2) is 4.73. The van der Waals surface area contributed by atoms with E-state index in [0.29, 0.717) is 12.5 Å². The molecule has 0 bridgehead atoms. The van der Waals surface area contributed by atoms with Crippen molar-refractivity contribution < 1.29 is 8.78 Å². The van der Waals surface area contributed by atoms with Gasteiger partial charge in [-0.25, -0.2) is 8.78 Å². The SMILES string of the molecule is CCCC1CC(CN)(c2cc(F)cc(F)c2)C1. The monoisotopic (exact) mass is 239 g/mol. The van der Waals surface area contributed by atoms with E-state index in [4.69, 9.17) is 5.73 Å². The second-order valence-corrected chi connectivity index (χ2v) is 5.21. The molecule has 2 N–H and O–H groups in total. The van der Waals surface area contributed by atoms with Gasteiger partial charge in [-0.15, -0.1) is 0 Å². The van der Waals surface area contributed by atoms with Gasteiger partial charge in [0, 0.05) is 18.0 Å². The summed E-state index contributed by atoms with van der Waals surface area (Å²) in [4.78, 5) is 0. The lowest BCUT2D eigenvalue weighted by Crippen LogP contribution is -2.47. The molecule has 0 aromatic heterocycles. The van der Waals surface area contributed by atoms with Crippen molar-refractivity contribution in [1.29, 1.82) is 0 Å². The predicted octanol–water partition coefficient (Wildman–Crippen LogP) is 3.37. The Hall–Kier alpha value is -0.960. The minimum absolute atomic E-state index is 0.192. The molecule has 94 valence electrons. The highest BCUT2D eigenvalue weighted by atomic mass is 19.1. The molecule has 1 aliphatic carbocycles. The lowest BCUT2D eigenvalue weighted by molar-refractivity contribution is 0.138. The van der Waals surface area contributed by atoms with Crippen LogP contribution in [-0.2, 0) is 5.41 Å². The lowest BCUT2D eigenvalue weighted by atomic mass is 9.57. The van der Waals surface area contributed by atoms with E-state index in [9.17, 15) is 8.78 Å². The molecule has 0 unspecified atom stereocenters. The van der Waals surface area contributed by atoms with Crippen molar-refractivity contribution in [1.82, 2.24) is 0 Å². The summed E-state index contributed by atoms with van der Waals surface area (Å²) in [7, 11) is 0. The molecule has 17 heavy (non-hydrogen) atoms. The molecule has 0 atom stereocenters. The van der Waals surface area contributed by atoms with E-state index < -0.39 is 11.6 Å². The molecule has 0 aliphatic heterocycles. The fraction of sp³-hybridized carbons (Fsp3) is 0.571. The highest BCUT2D eigenvalue weighted by molar-refractivity contribution is 5.30. The van der Waals surface area contributed by atoms with Gasteiger partial charge in [-0.05, 0) is 36.5 Å². The van der Waals surface area contributed by atoms with Gasteiger partial charge < -0.3 is 5.73 Å². The minimum Gasteiger partial charge on any atom is -0.330 e. The third kappa shape index (κ3) is 2.34. The average Bonchev–Trinajstić information content (AvgIpc) is 2.21. The fourth-order valence-corrected chi connectivity index (χ4v) is 3.04. The summed E-state index contributed by atoms with van der Waals surface area (Å²) in [5.74, 6) is -0.353. The first-order valence-corrected chi connectivity index (χ1v) is 6.26. The number of nitrogens with two attached hydrogens (primary N) is 1. The van der Waals surface area contributed by atoms with Crippen LogP contribution in [-0.4, -0.2) is 6.54 Å². The molecule has 1 aromatic carbocycles. The number of halogens is 2. The summed E-state index contributed by atoms with van der Waals surface area (Å²) in [6.07, 6.45) is 4.25. The van der Waals surface area contributed by atoms with E-state index in [1.165, 1.54) is 18.6 Å². The van der Waals surface area contributed by atoms with Crippen LogP contribution in [0.2, 0.25) is 0 Å². The largest absolute Gasteiger partial charge is 0.330 e. The normalized spacial score (nSPS) is 27.9. The minimum atomic E-state index is -0.508. The Labute approximate surface area is 101 Å². The number of benzene rings is 1. The topological polar surface area (TPSA) is 26.0 Å². The zero-order chi connectivity index (χ0) is 12.5. The van der Waals surface area contributed by atoms with Gasteiger partial charge in [-0.2, -0.15) is 0 Å². The number of hydrogen-bond acceptors (Lipinski definition) is 1. The van der Waals surface area contributed by atoms with Crippen LogP contribution in [0.5, 0.6) is 0 Å². The maximum absolute atomic E-state index is 13.2. The van der Waals surface area contributed by atoms with Gasteiger partial charge in [0.25, 0.3) is 0 Å². The first-order valence-electron chi connectivity index (χ1n) is 6.26. The van der Waals surface area contributed by atoms with Gasteiger partial charge in [-0.1, -0.05) is 19.8 Å². The van der Waals surface area contributed by atoms with E-state index >= 15 is 0 Å². The standard InChI is InChI=1S/C14H19F2N/c1-2-3-10-7-14(8-10,9-17)11-4-12(15)6-13(16)5-11/h4-6,10H,2-3,7-9,17H2,1H3. The van der Waals surface area contributed by atoms with Crippen molar-refractivity contribution in [3.8, 4) is 0 Å². The zero-order valence-electron chi connectivity index (χ0n) is 10.2. The Morgan fingerprint density at radius 3 is 2.29 bits per heavy atom. The summed E-state index contributed by atoms with van der Waals surface area (Å²) in [5.41, 5.74) is 6.35. The Bertz CT molecular complexity index is 377. The van der Waals surface area contributed by atoms with Crippen LogP contribution >= 0.6 is 0 Å². The van der Waals surface area contributed by atoms with Gasteiger partial charge in [-0.3, -0.25) is 0 Å². The van der Waals surface area contributed by atoms with Crippen molar-refractivity contribution in [2.24, 2.45) is 11.7 Å². The molecule has 0 heterocycles. The molecule has 1 aliphatic rings. The lowest BCUT2D eigenvalue weighted by Gasteiger charge is -2.48. The summed E-state index contributed by atoms with van der Waals surface area (Å²) in [6.45, 7) is 2.63. The van der Waals surface area contributed by atoms with Gasteiger partial charge in [0.15, 0.2) is 0 Å². The average molecular weight is 239 g/mol. The Kier molecular flexibility index (Phi) is 3.48. The van der Waals surface area contributed by atoms with E-state index in [1.807, 2.05) is 0 Å². The van der Waals surface area contributed by atoms with Crippen molar-refractivity contribution in [3.63, 3.8) is 0 Å². The van der Waals surface area contributed by atoms with Gasteiger partial charge >= 0.3 is 0 Å². The first kappa shape index (κ1) is 12.5. The molecule has 2 rings (SSSR count). The number of rotatable bonds is 4. The Morgan fingerprint density at radius 2 is 1.82 bits per heavy atom. The third-order valence-corrected chi connectivity index (χ3v) is 3.92. The molecule has 0 spiro atoms. The zero-order valence-corrected chi connectivity index (χ0v) is 10.2. The van der Waals surface area contributed by atoms with Crippen LogP contribution in [0, 0.1) is 17.6 Å². The summed E-state index contributed by atoms with van der Waals surface area (Å²) in [5, 5.41) is 0. The Balaban J connectivity index is 2.19. The van der Waals surface area contributed by atoms with Crippen molar-refractivity contribution in [2.45, 2.75) is 38.0 Å². The molecule has 1 saturated carbocycles. The molecule has 3 heteroatoms. The molecule has 1 nitrogen and oxygen atoms in total. The van der Waals surface area contributed by atoms with Crippen LogP contribution in [0.15, 0.2) is 18.2 Å². The van der Waals surface area contributed by atoms with E-state index in [-0.39, 0.29) is 5.41 Å². The summed E-state index contributed by atoms with van der Waals surface area (Å²) >= 11 is 0. The van der Waals surface area contributed by atoms with Gasteiger partial charge in [0.05, 0.1) is 0 Å². The number of hydrogen-bond donors (Lipinski definition) is 1. The molecule has 0 saturated heterocycles. The van der Waals surface area contributed by atoms with Crippen LogP contribution in [0.3, 0.4) is 0 Å². The molecule has 1 aromatic rings. The molecular weight excluding hydrogens is 220 g/mol. The van der Waals surface area contributed by atoms with Gasteiger partial charge in [0.1, 0.15) is 11.6 Å². The van der Waals surface area contributed by atoms with Crippen molar-refractivity contribution in [2.75, 3.05) is 6.54 Å². The van der Waals surface area contributed by atoms with Crippen molar-refractivity contribution in [3.05, 3.63) is 35.4 Å². The summed E-state index contributed by atoms with van der Waals surface area (Å²) < 4.78 is 26.4. The van der Waals surface area contributed by atoms with E-state index in [0.717, 1.165) is 30.9 Å². The fourth-order valence-electron chi connectivity index (χ4n) is 3.04. The maximum Gasteiger partial charge on any atom is 0.126 e. The van der Waals surface area contributed by atoms with Crippen LogP contribution < -0.4 is 5.73 Å². The predicted molar refractivity (Wildman–Crippen MR) is 64.7 cm³/mol. The molecule has 1 fully saturated rings. The molecule has 0 radical (unpaired) electrons. The van der Waals surface area contributed by atoms with Gasteiger partial charge in [0.2, 0.25) is 0 Å². The highest BCUT2D eigenvalue weighted by Gasteiger charge is 2.44. The van der Waals surface area contributed by atoms with Crippen molar-refractivity contribution >= 4 is 0 Å². The quantitative estimate of drug-likeness (QED) is 0.856. The van der Waals surface area contributed by atoms with Crippen LogP contribution in [0.1, 0.15) is 38.2 Å². The molecular formula is C14H19F2N. The molecule has 0 amide bonds. The van der Waals surface area contributed by atoms with Crippen LogP contribution in [0.25, 0.3) is 0 Å². The smallest absolute Gasteiger partial charge is 0.126 e. The third-order valence-electron chi connectivity index (χ3n) is 3.92. The maximum atomic E-state index is 13.2. The van der Waals surface area contributed by atoms with E-state index in [1.54, 1.807) is 0 Å². The second-order valence-electron chi connectivity index (χ2n) is 5.21.